The molecule has 0 spiro atoms. The first-order chi connectivity index (χ1) is 7.69. The second kappa shape index (κ2) is 4.50. The van der Waals surface area contributed by atoms with Crippen LogP contribution in [0.25, 0.3) is 0 Å². The van der Waals surface area contributed by atoms with Gasteiger partial charge in [-0.2, -0.15) is 10.4 Å². The Bertz CT molecular complexity index is 534. The number of rotatable bonds is 2. The summed E-state index contributed by atoms with van der Waals surface area (Å²) in [6, 6.07) is 11.6. The molecule has 1 aromatic carbocycles. The fourth-order valence-corrected chi connectivity index (χ4v) is 2.01. The van der Waals surface area contributed by atoms with Crippen molar-refractivity contribution in [2.75, 3.05) is 0 Å². The highest BCUT2D eigenvalue weighted by Gasteiger charge is 2.02. The number of aromatic nitrogens is 2. The Hall–Kier alpha value is -1.60. The summed E-state index contributed by atoms with van der Waals surface area (Å²) in [5, 5.41) is 13.0. The Morgan fingerprint density at radius 1 is 1.38 bits per heavy atom. The zero-order valence-electron chi connectivity index (χ0n) is 8.81. The zero-order chi connectivity index (χ0) is 11.5. The molecule has 0 aliphatic heterocycles. The molecule has 0 atom stereocenters. The minimum Gasteiger partial charge on any atom is -0.264 e. The second-order valence-electron chi connectivity index (χ2n) is 3.57. The van der Waals surface area contributed by atoms with Gasteiger partial charge in [-0.25, -0.2) is 0 Å². The largest absolute Gasteiger partial charge is 0.264 e. The first-order valence-electron chi connectivity index (χ1n) is 4.88. The number of hydrogen-bond donors (Lipinski definition) is 0. The van der Waals surface area contributed by atoms with E-state index in [1.807, 2.05) is 41.9 Å². The third-order valence-electron chi connectivity index (χ3n) is 2.37. The highest BCUT2D eigenvalue weighted by Crippen LogP contribution is 2.12. The van der Waals surface area contributed by atoms with Crippen LogP contribution >= 0.6 is 15.9 Å². The molecule has 0 N–H and O–H groups in total. The molecule has 3 nitrogen and oxygen atoms in total. The summed E-state index contributed by atoms with van der Waals surface area (Å²) in [4.78, 5) is 0. The Labute approximate surface area is 102 Å². The second-order valence-corrected chi connectivity index (χ2v) is 4.39. The SMILES string of the molecule is Cc1cc(Br)nn1Cc1ccc(C#N)cc1. The molecule has 1 heterocycles. The minimum absolute atomic E-state index is 0.683. The lowest BCUT2D eigenvalue weighted by Gasteiger charge is -2.04. The van der Waals surface area contributed by atoms with Gasteiger partial charge >= 0.3 is 0 Å². The molecule has 2 rings (SSSR count). The van der Waals surface area contributed by atoms with Crippen LogP contribution in [0.4, 0.5) is 0 Å². The lowest BCUT2D eigenvalue weighted by atomic mass is 10.1. The summed E-state index contributed by atoms with van der Waals surface area (Å²) in [6.45, 7) is 2.74. The molecule has 0 radical (unpaired) electrons. The molecule has 0 aliphatic carbocycles. The summed E-state index contributed by atoms with van der Waals surface area (Å²) in [7, 11) is 0. The molecule has 0 fully saturated rings. The third kappa shape index (κ3) is 2.31. The Morgan fingerprint density at radius 2 is 2.06 bits per heavy atom. The van der Waals surface area contributed by atoms with Gasteiger partial charge in [0.05, 0.1) is 18.2 Å². The first-order valence-corrected chi connectivity index (χ1v) is 5.67. The molecule has 4 heteroatoms. The zero-order valence-corrected chi connectivity index (χ0v) is 10.4. The van der Waals surface area contributed by atoms with Gasteiger partial charge in [-0.1, -0.05) is 12.1 Å². The Kier molecular flexibility index (Phi) is 3.07. The van der Waals surface area contributed by atoms with E-state index < -0.39 is 0 Å². The molecule has 2 aromatic rings. The predicted octanol–water partition coefficient (Wildman–Crippen LogP) is 2.87. The summed E-state index contributed by atoms with van der Waals surface area (Å²) in [5.74, 6) is 0. The van der Waals surface area contributed by atoms with E-state index in [0.717, 1.165) is 22.4 Å². The van der Waals surface area contributed by atoms with Gasteiger partial charge in [0.2, 0.25) is 0 Å². The molecule has 1 aromatic heterocycles. The van der Waals surface area contributed by atoms with Crippen molar-refractivity contribution < 1.29 is 0 Å². The smallest absolute Gasteiger partial charge is 0.128 e. The van der Waals surface area contributed by atoms with Gasteiger partial charge in [0.25, 0.3) is 0 Å². The molecule has 0 bridgehead atoms. The van der Waals surface area contributed by atoms with E-state index >= 15 is 0 Å². The normalized spacial score (nSPS) is 10.1. The monoisotopic (exact) mass is 275 g/mol. The molecule has 0 amide bonds. The van der Waals surface area contributed by atoms with Gasteiger partial charge in [0, 0.05) is 5.69 Å². The average molecular weight is 276 g/mol. The quantitative estimate of drug-likeness (QED) is 0.846. The van der Waals surface area contributed by atoms with E-state index in [4.69, 9.17) is 5.26 Å². The van der Waals surface area contributed by atoms with Crippen LogP contribution in [0.1, 0.15) is 16.8 Å². The average Bonchev–Trinajstić information content (AvgIpc) is 2.59. The summed E-state index contributed by atoms with van der Waals surface area (Å²) >= 11 is 3.34. The van der Waals surface area contributed by atoms with Crippen LogP contribution in [0, 0.1) is 18.3 Å². The lowest BCUT2D eigenvalue weighted by molar-refractivity contribution is 0.661. The highest BCUT2D eigenvalue weighted by atomic mass is 79.9. The predicted molar refractivity (Wildman–Crippen MR) is 64.9 cm³/mol. The van der Waals surface area contributed by atoms with Crippen molar-refractivity contribution in [1.29, 1.82) is 5.26 Å². The van der Waals surface area contributed by atoms with Crippen LogP contribution in [0.3, 0.4) is 0 Å². The van der Waals surface area contributed by atoms with Crippen molar-refractivity contribution in [2.24, 2.45) is 0 Å². The standard InChI is InChI=1S/C12H10BrN3/c1-9-6-12(13)15-16(9)8-11-4-2-10(7-14)3-5-11/h2-6H,8H2,1H3. The van der Waals surface area contributed by atoms with Gasteiger partial charge in [0.15, 0.2) is 0 Å². The van der Waals surface area contributed by atoms with E-state index in [1.54, 1.807) is 0 Å². The summed E-state index contributed by atoms with van der Waals surface area (Å²) in [6.07, 6.45) is 0. The molecular formula is C12H10BrN3. The van der Waals surface area contributed by atoms with E-state index in [0.29, 0.717) is 5.56 Å². The fraction of sp³-hybridized carbons (Fsp3) is 0.167. The maximum absolute atomic E-state index is 8.69. The Balaban J connectivity index is 2.21. The van der Waals surface area contributed by atoms with Gasteiger partial charge in [-0.05, 0) is 46.6 Å². The van der Waals surface area contributed by atoms with E-state index in [9.17, 15) is 0 Å². The van der Waals surface area contributed by atoms with Crippen LogP contribution in [-0.2, 0) is 6.54 Å². The number of halogens is 1. The number of nitrogens with zero attached hydrogens (tertiary/aromatic N) is 3. The van der Waals surface area contributed by atoms with Crippen molar-refractivity contribution in [3.8, 4) is 6.07 Å². The highest BCUT2D eigenvalue weighted by molar-refractivity contribution is 9.10. The number of benzene rings is 1. The molecule has 16 heavy (non-hydrogen) atoms. The molecular weight excluding hydrogens is 266 g/mol. The first kappa shape index (κ1) is 10.9. The van der Waals surface area contributed by atoms with E-state index in [-0.39, 0.29) is 0 Å². The van der Waals surface area contributed by atoms with Crippen molar-refractivity contribution in [3.63, 3.8) is 0 Å². The maximum Gasteiger partial charge on any atom is 0.128 e. The molecule has 0 unspecified atom stereocenters. The van der Waals surface area contributed by atoms with Crippen molar-refractivity contribution in [1.82, 2.24) is 9.78 Å². The summed E-state index contributed by atoms with van der Waals surface area (Å²) in [5.41, 5.74) is 2.93. The molecule has 0 saturated carbocycles. The van der Waals surface area contributed by atoms with Crippen LogP contribution in [-0.4, -0.2) is 9.78 Å². The summed E-state index contributed by atoms with van der Waals surface area (Å²) < 4.78 is 2.77. The topological polar surface area (TPSA) is 41.6 Å². The number of nitriles is 1. The van der Waals surface area contributed by atoms with Gasteiger partial charge < -0.3 is 0 Å². The minimum atomic E-state index is 0.683. The van der Waals surface area contributed by atoms with E-state index in [2.05, 4.69) is 27.1 Å². The maximum atomic E-state index is 8.69. The van der Waals surface area contributed by atoms with Gasteiger partial charge in [0.1, 0.15) is 4.60 Å². The lowest BCUT2D eigenvalue weighted by Crippen LogP contribution is -2.03. The molecule has 0 aliphatic rings. The van der Waals surface area contributed by atoms with E-state index in [1.165, 1.54) is 0 Å². The van der Waals surface area contributed by atoms with Crippen molar-refractivity contribution >= 4 is 15.9 Å². The van der Waals surface area contributed by atoms with Crippen LogP contribution in [0.2, 0.25) is 0 Å². The fourth-order valence-electron chi connectivity index (χ4n) is 1.49. The number of hydrogen-bond acceptors (Lipinski definition) is 2. The van der Waals surface area contributed by atoms with Gasteiger partial charge in [-0.15, -0.1) is 0 Å². The van der Waals surface area contributed by atoms with Crippen molar-refractivity contribution in [2.45, 2.75) is 13.5 Å². The van der Waals surface area contributed by atoms with Crippen LogP contribution in [0.5, 0.6) is 0 Å². The Morgan fingerprint density at radius 3 is 2.56 bits per heavy atom. The van der Waals surface area contributed by atoms with Crippen LogP contribution < -0.4 is 0 Å². The van der Waals surface area contributed by atoms with Crippen molar-refractivity contribution in [3.05, 3.63) is 51.8 Å². The molecule has 80 valence electrons. The molecule has 0 saturated heterocycles. The van der Waals surface area contributed by atoms with Gasteiger partial charge in [-0.3, -0.25) is 4.68 Å². The van der Waals surface area contributed by atoms with Crippen LogP contribution in [0.15, 0.2) is 34.9 Å². The number of aryl methyl sites for hydroxylation is 1. The third-order valence-corrected chi connectivity index (χ3v) is 2.75.